The van der Waals surface area contributed by atoms with Crippen molar-refractivity contribution in [3.05, 3.63) is 37.9 Å². The van der Waals surface area contributed by atoms with Crippen LogP contribution in [0.4, 0.5) is 30.2 Å². The summed E-state index contributed by atoms with van der Waals surface area (Å²) in [6.07, 6.45) is -4.61. The number of amides is 1. The molecule has 1 saturated heterocycles. The summed E-state index contributed by atoms with van der Waals surface area (Å²) < 4.78 is 39.2. The van der Waals surface area contributed by atoms with Gasteiger partial charge in [0.2, 0.25) is 5.91 Å². The van der Waals surface area contributed by atoms with Crippen molar-refractivity contribution in [2.45, 2.75) is 33.4 Å². The molecule has 0 saturated carbocycles. The van der Waals surface area contributed by atoms with Gasteiger partial charge in [0.1, 0.15) is 0 Å². The standard InChI is InChI=1S/C17H21F3N4O5/c1-16(2,3)15(25)22-6-4-5-21(7-8-22)14-12(23(26)27)9-11(17(18,19)20)10-13(14)24(28)29/h9-10H,4-8H2,1-3H3. The Balaban J connectivity index is 2.49. The molecule has 1 aliphatic heterocycles. The van der Waals surface area contributed by atoms with E-state index in [9.17, 15) is 38.2 Å². The van der Waals surface area contributed by atoms with Crippen molar-refractivity contribution in [3.63, 3.8) is 0 Å². The normalized spacial score (nSPS) is 15.8. The highest BCUT2D eigenvalue weighted by Gasteiger charge is 2.40. The molecule has 0 aromatic heterocycles. The van der Waals surface area contributed by atoms with Gasteiger partial charge in [0.05, 0.1) is 15.4 Å². The van der Waals surface area contributed by atoms with Gasteiger partial charge in [-0.25, -0.2) is 0 Å². The summed E-state index contributed by atoms with van der Waals surface area (Å²) in [6, 6.07) is 0.622. The van der Waals surface area contributed by atoms with E-state index in [2.05, 4.69) is 0 Å². The lowest BCUT2D eigenvalue weighted by Gasteiger charge is -2.28. The number of anilines is 1. The third kappa shape index (κ3) is 4.93. The monoisotopic (exact) mass is 418 g/mol. The molecule has 0 unspecified atom stereocenters. The molecule has 1 aromatic rings. The van der Waals surface area contributed by atoms with Crippen LogP contribution < -0.4 is 4.90 Å². The van der Waals surface area contributed by atoms with Gasteiger partial charge < -0.3 is 9.80 Å². The summed E-state index contributed by atoms with van der Waals surface area (Å²) in [4.78, 5) is 36.1. The molecule has 9 nitrogen and oxygen atoms in total. The van der Waals surface area contributed by atoms with E-state index in [-0.39, 0.29) is 25.5 Å². The Morgan fingerprint density at radius 2 is 1.48 bits per heavy atom. The van der Waals surface area contributed by atoms with Gasteiger partial charge in [-0.05, 0) is 6.42 Å². The van der Waals surface area contributed by atoms with Crippen molar-refractivity contribution in [2.75, 3.05) is 31.1 Å². The van der Waals surface area contributed by atoms with Crippen LogP contribution in [0.2, 0.25) is 0 Å². The van der Waals surface area contributed by atoms with Crippen LogP contribution in [0, 0.1) is 25.6 Å². The average Bonchev–Trinajstić information content (AvgIpc) is 2.83. The Hall–Kier alpha value is -2.92. The molecule has 0 N–H and O–H groups in total. The number of nitrogens with zero attached hydrogens (tertiary/aromatic N) is 4. The fourth-order valence-electron chi connectivity index (χ4n) is 3.19. The van der Waals surface area contributed by atoms with Crippen molar-refractivity contribution in [2.24, 2.45) is 5.41 Å². The van der Waals surface area contributed by atoms with E-state index in [1.54, 1.807) is 25.7 Å². The number of carbonyl (C=O) groups excluding carboxylic acids is 1. The Morgan fingerprint density at radius 1 is 0.966 bits per heavy atom. The summed E-state index contributed by atoms with van der Waals surface area (Å²) in [6.45, 7) is 5.85. The first-order valence-corrected chi connectivity index (χ1v) is 8.82. The largest absolute Gasteiger partial charge is 0.416 e. The van der Waals surface area contributed by atoms with Crippen molar-refractivity contribution in [1.29, 1.82) is 0 Å². The van der Waals surface area contributed by atoms with Gasteiger partial charge in [0.25, 0.3) is 11.4 Å². The summed E-state index contributed by atoms with van der Waals surface area (Å²) in [5.41, 5.74) is -4.55. The Kier molecular flexibility index (Phi) is 6.04. The van der Waals surface area contributed by atoms with Crippen LogP contribution in [0.25, 0.3) is 0 Å². The lowest BCUT2D eigenvalue weighted by atomic mass is 9.94. The smallest absolute Gasteiger partial charge is 0.358 e. The Bertz CT molecular complexity index is 800. The highest BCUT2D eigenvalue weighted by Crippen LogP contribution is 2.43. The van der Waals surface area contributed by atoms with Crippen molar-refractivity contribution in [3.8, 4) is 0 Å². The summed E-state index contributed by atoms with van der Waals surface area (Å²) in [5, 5.41) is 22.9. The average molecular weight is 418 g/mol. The van der Waals surface area contributed by atoms with Gasteiger partial charge in [0.15, 0.2) is 5.69 Å². The van der Waals surface area contributed by atoms with Gasteiger partial charge in [0, 0.05) is 43.7 Å². The van der Waals surface area contributed by atoms with E-state index >= 15 is 0 Å². The van der Waals surface area contributed by atoms with Gasteiger partial charge in [-0.15, -0.1) is 0 Å². The number of carbonyl (C=O) groups is 1. The number of hydrogen-bond acceptors (Lipinski definition) is 6. The summed E-state index contributed by atoms with van der Waals surface area (Å²) >= 11 is 0. The molecule has 2 rings (SSSR count). The van der Waals surface area contributed by atoms with Gasteiger partial charge in [-0.2, -0.15) is 13.2 Å². The number of benzene rings is 1. The molecule has 1 fully saturated rings. The minimum atomic E-state index is -4.97. The van der Waals surface area contributed by atoms with Crippen LogP contribution >= 0.6 is 0 Å². The zero-order chi connectivity index (χ0) is 22.1. The minimum absolute atomic E-state index is 0.0227. The molecule has 0 radical (unpaired) electrons. The van der Waals surface area contributed by atoms with Crippen LogP contribution in [0.1, 0.15) is 32.8 Å². The maximum atomic E-state index is 13.1. The van der Waals surface area contributed by atoms with Crippen LogP contribution in [0.3, 0.4) is 0 Å². The van der Waals surface area contributed by atoms with Gasteiger partial charge >= 0.3 is 6.18 Å². The van der Waals surface area contributed by atoms with E-state index in [1.807, 2.05) is 0 Å². The number of alkyl halides is 3. The van der Waals surface area contributed by atoms with Crippen LogP contribution in [-0.2, 0) is 11.0 Å². The second-order valence-corrected chi connectivity index (χ2v) is 7.76. The SMILES string of the molecule is CC(C)(C)C(=O)N1CCCN(c2c([N+](=O)[O-])cc(C(F)(F)F)cc2[N+](=O)[O-])CC1. The predicted octanol–water partition coefficient (Wildman–Crippen LogP) is 3.61. The maximum Gasteiger partial charge on any atom is 0.416 e. The number of nitro benzene ring substituents is 2. The van der Waals surface area contributed by atoms with E-state index in [1.165, 1.54) is 4.90 Å². The second-order valence-electron chi connectivity index (χ2n) is 7.76. The molecule has 0 spiro atoms. The molecule has 0 bridgehead atoms. The third-order valence-electron chi connectivity index (χ3n) is 4.53. The molecule has 12 heteroatoms. The van der Waals surface area contributed by atoms with Gasteiger partial charge in [-0.1, -0.05) is 20.8 Å². The van der Waals surface area contributed by atoms with Gasteiger partial charge in [-0.3, -0.25) is 25.0 Å². The van der Waals surface area contributed by atoms with Crippen molar-refractivity contribution >= 4 is 23.0 Å². The Morgan fingerprint density at radius 3 is 1.90 bits per heavy atom. The van der Waals surface area contributed by atoms with Crippen molar-refractivity contribution < 1.29 is 27.8 Å². The Labute approximate surface area is 164 Å². The highest BCUT2D eigenvalue weighted by atomic mass is 19.4. The second kappa shape index (κ2) is 7.84. The first kappa shape index (κ1) is 22.4. The summed E-state index contributed by atoms with van der Waals surface area (Å²) in [5.74, 6) is -0.143. The third-order valence-corrected chi connectivity index (χ3v) is 4.53. The molecule has 1 aliphatic rings. The lowest BCUT2D eigenvalue weighted by molar-refractivity contribution is -0.393. The zero-order valence-corrected chi connectivity index (χ0v) is 16.2. The quantitative estimate of drug-likeness (QED) is 0.548. The molecule has 29 heavy (non-hydrogen) atoms. The minimum Gasteiger partial charge on any atom is -0.358 e. The molecule has 0 aliphatic carbocycles. The maximum absolute atomic E-state index is 13.1. The fourth-order valence-corrected chi connectivity index (χ4v) is 3.19. The van der Waals surface area contributed by atoms with Crippen LogP contribution in [0.15, 0.2) is 12.1 Å². The molecule has 160 valence electrons. The van der Waals surface area contributed by atoms with Crippen LogP contribution in [-0.4, -0.2) is 46.8 Å². The zero-order valence-electron chi connectivity index (χ0n) is 16.2. The molecule has 1 aromatic carbocycles. The summed E-state index contributed by atoms with van der Waals surface area (Å²) in [7, 11) is 0. The molecule has 1 amide bonds. The van der Waals surface area contributed by atoms with E-state index in [0.717, 1.165) is 0 Å². The van der Waals surface area contributed by atoms with E-state index < -0.39 is 44.1 Å². The predicted molar refractivity (Wildman–Crippen MR) is 97.6 cm³/mol. The molecule has 0 atom stereocenters. The highest BCUT2D eigenvalue weighted by molar-refractivity contribution is 5.82. The lowest BCUT2D eigenvalue weighted by Crippen LogP contribution is -2.41. The topological polar surface area (TPSA) is 110 Å². The first-order chi connectivity index (χ1) is 13.2. The van der Waals surface area contributed by atoms with E-state index in [0.29, 0.717) is 25.1 Å². The molecular weight excluding hydrogens is 397 g/mol. The number of nitro groups is 2. The molecular formula is C17H21F3N4O5. The number of halogens is 3. The van der Waals surface area contributed by atoms with Crippen LogP contribution in [0.5, 0.6) is 0 Å². The molecule has 1 heterocycles. The first-order valence-electron chi connectivity index (χ1n) is 8.82. The fraction of sp³-hybridized carbons (Fsp3) is 0.588. The van der Waals surface area contributed by atoms with E-state index in [4.69, 9.17) is 0 Å². The number of hydrogen-bond donors (Lipinski definition) is 0. The number of rotatable bonds is 3. The van der Waals surface area contributed by atoms with Crippen molar-refractivity contribution in [1.82, 2.24) is 4.90 Å².